The van der Waals surface area contributed by atoms with Gasteiger partial charge in [-0.2, -0.15) is 0 Å². The molecule has 0 radical (unpaired) electrons. The van der Waals surface area contributed by atoms with Crippen LogP contribution in [0.5, 0.6) is 0 Å². The van der Waals surface area contributed by atoms with E-state index in [0.29, 0.717) is 19.8 Å². The van der Waals surface area contributed by atoms with E-state index in [1.54, 1.807) is 0 Å². The molecular formula is C9H21ClO3SSi. The van der Waals surface area contributed by atoms with Gasteiger partial charge >= 0.3 is 8.80 Å². The maximum absolute atomic E-state index is 5.87. The van der Waals surface area contributed by atoms with Gasteiger partial charge in [-0.15, -0.1) is 0 Å². The molecule has 0 aromatic heterocycles. The van der Waals surface area contributed by atoms with Crippen molar-refractivity contribution in [2.75, 3.05) is 19.8 Å². The Kier molecular flexibility index (Phi) is 9.27. The molecule has 0 fully saturated rings. The molecule has 3 nitrogen and oxygen atoms in total. The van der Waals surface area contributed by atoms with Gasteiger partial charge in [0.15, 0.2) is 0 Å². The third kappa shape index (κ3) is 4.62. The Labute approximate surface area is 103 Å². The molecule has 6 heteroatoms. The van der Waals surface area contributed by atoms with Crippen molar-refractivity contribution in [2.45, 2.75) is 39.0 Å². The molecular weight excluding hydrogens is 252 g/mol. The minimum atomic E-state index is -2.59. The van der Waals surface area contributed by atoms with E-state index in [9.17, 15) is 0 Å². The molecule has 0 aliphatic rings. The number of hydrogen-bond donors (Lipinski definition) is 0. The summed E-state index contributed by atoms with van der Waals surface area (Å²) in [6.07, 6.45) is 0.889. The molecule has 0 rings (SSSR count). The van der Waals surface area contributed by atoms with Gasteiger partial charge in [-0.1, -0.05) is 6.92 Å². The fourth-order valence-electron chi connectivity index (χ4n) is 1.37. The Morgan fingerprint density at radius 3 is 1.60 bits per heavy atom. The van der Waals surface area contributed by atoms with Crippen LogP contribution in [0.25, 0.3) is 0 Å². The zero-order chi connectivity index (χ0) is 11.7. The monoisotopic (exact) mass is 272 g/mol. The zero-order valence-electron chi connectivity index (χ0n) is 9.92. The lowest BCUT2D eigenvalue weighted by Gasteiger charge is -2.33. The molecule has 0 aliphatic heterocycles. The highest BCUT2D eigenvalue weighted by Gasteiger charge is 2.48. The predicted molar refractivity (Wildman–Crippen MR) is 68.2 cm³/mol. The first-order valence-corrected chi connectivity index (χ1v) is 8.90. The average molecular weight is 273 g/mol. The molecule has 0 bridgehead atoms. The summed E-state index contributed by atoms with van der Waals surface area (Å²) in [4.78, 5) is 0.110. The minimum Gasteiger partial charge on any atom is -0.373 e. The molecule has 1 atom stereocenters. The number of rotatable bonds is 9. The van der Waals surface area contributed by atoms with Crippen molar-refractivity contribution in [2.24, 2.45) is 0 Å². The van der Waals surface area contributed by atoms with Crippen LogP contribution in [0.1, 0.15) is 34.1 Å². The Morgan fingerprint density at radius 2 is 1.40 bits per heavy atom. The van der Waals surface area contributed by atoms with Gasteiger partial charge in [0.25, 0.3) is 0 Å². The van der Waals surface area contributed by atoms with Gasteiger partial charge in [-0.25, -0.2) is 0 Å². The SMILES string of the molecule is CCO[Si](OCC)(OCC)C(CC)SCl. The third-order valence-corrected chi connectivity index (χ3v) is 8.04. The van der Waals surface area contributed by atoms with Gasteiger partial charge < -0.3 is 13.3 Å². The largest absolute Gasteiger partial charge is 0.515 e. The van der Waals surface area contributed by atoms with Crippen LogP contribution < -0.4 is 0 Å². The van der Waals surface area contributed by atoms with Crippen LogP contribution in [-0.4, -0.2) is 33.5 Å². The fraction of sp³-hybridized carbons (Fsp3) is 1.00. The van der Waals surface area contributed by atoms with Crippen molar-refractivity contribution < 1.29 is 13.3 Å². The molecule has 0 aromatic rings. The smallest absolute Gasteiger partial charge is 0.373 e. The molecule has 0 amide bonds. The molecule has 0 N–H and O–H groups in total. The summed E-state index contributed by atoms with van der Waals surface area (Å²) in [5.41, 5.74) is 0. The highest BCUT2D eigenvalue weighted by atomic mass is 35.7. The fourth-order valence-corrected chi connectivity index (χ4v) is 6.42. The normalized spacial score (nSPS) is 14.2. The summed E-state index contributed by atoms with van der Waals surface area (Å²) in [5.74, 6) is 0. The lowest BCUT2D eigenvalue weighted by molar-refractivity contribution is 0.0693. The second-order valence-electron chi connectivity index (χ2n) is 2.89. The third-order valence-electron chi connectivity index (χ3n) is 1.91. The van der Waals surface area contributed by atoms with E-state index in [1.807, 2.05) is 20.8 Å². The Bertz CT molecular complexity index is 141. The van der Waals surface area contributed by atoms with E-state index in [-0.39, 0.29) is 4.87 Å². The van der Waals surface area contributed by atoms with Gasteiger partial charge in [0.2, 0.25) is 0 Å². The summed E-state index contributed by atoms with van der Waals surface area (Å²) >= 11 is 0. The molecule has 92 valence electrons. The van der Waals surface area contributed by atoms with E-state index < -0.39 is 8.80 Å². The van der Waals surface area contributed by atoms with Crippen LogP contribution in [0.2, 0.25) is 0 Å². The van der Waals surface area contributed by atoms with Gasteiger partial charge in [0.1, 0.15) is 0 Å². The topological polar surface area (TPSA) is 27.7 Å². The highest BCUT2D eigenvalue weighted by Crippen LogP contribution is 2.30. The highest BCUT2D eigenvalue weighted by molar-refractivity contribution is 8.22. The van der Waals surface area contributed by atoms with E-state index in [4.69, 9.17) is 24.0 Å². The predicted octanol–water partition coefficient (Wildman–Crippen LogP) is 3.24. The van der Waals surface area contributed by atoms with Crippen molar-refractivity contribution in [3.05, 3.63) is 0 Å². The molecule has 0 saturated heterocycles. The maximum Gasteiger partial charge on any atom is 0.515 e. The van der Waals surface area contributed by atoms with E-state index in [1.165, 1.54) is 11.0 Å². The first-order valence-electron chi connectivity index (χ1n) is 5.39. The van der Waals surface area contributed by atoms with Crippen molar-refractivity contribution >= 4 is 30.5 Å². The van der Waals surface area contributed by atoms with E-state index in [2.05, 4.69) is 6.92 Å². The number of halogens is 1. The lowest BCUT2D eigenvalue weighted by Crippen LogP contribution is -2.54. The maximum atomic E-state index is 5.87. The lowest BCUT2D eigenvalue weighted by atomic mass is 10.6. The second kappa shape index (κ2) is 8.84. The van der Waals surface area contributed by atoms with Crippen LogP contribution in [-0.2, 0) is 13.3 Å². The van der Waals surface area contributed by atoms with E-state index in [0.717, 1.165) is 6.42 Å². The number of hydrogen-bond acceptors (Lipinski definition) is 4. The molecule has 1 unspecified atom stereocenters. The molecule has 0 aliphatic carbocycles. The van der Waals surface area contributed by atoms with Gasteiger partial charge in [0.05, 0.1) is 4.87 Å². The Hall–Kier alpha value is 0.737. The van der Waals surface area contributed by atoms with Gasteiger partial charge in [0, 0.05) is 19.8 Å². The van der Waals surface area contributed by atoms with Crippen LogP contribution in [0.4, 0.5) is 0 Å². The van der Waals surface area contributed by atoms with E-state index >= 15 is 0 Å². The summed E-state index contributed by atoms with van der Waals surface area (Å²) in [6.45, 7) is 9.71. The summed E-state index contributed by atoms with van der Waals surface area (Å²) in [5, 5.41) is 0. The van der Waals surface area contributed by atoms with Crippen molar-refractivity contribution in [1.29, 1.82) is 0 Å². The zero-order valence-corrected chi connectivity index (χ0v) is 12.5. The first kappa shape index (κ1) is 15.7. The van der Waals surface area contributed by atoms with Crippen LogP contribution in [0.3, 0.4) is 0 Å². The summed E-state index contributed by atoms with van der Waals surface area (Å²) < 4.78 is 17.2. The molecule has 0 saturated carbocycles. The van der Waals surface area contributed by atoms with Crippen LogP contribution in [0, 0.1) is 0 Å². The molecule has 15 heavy (non-hydrogen) atoms. The first-order chi connectivity index (χ1) is 7.20. The minimum absolute atomic E-state index is 0.110. The Morgan fingerprint density at radius 1 is 1.00 bits per heavy atom. The van der Waals surface area contributed by atoms with Gasteiger partial charge in [-0.05, 0) is 48.8 Å². The summed E-state index contributed by atoms with van der Waals surface area (Å²) in [7, 11) is 4.53. The Balaban J connectivity index is 4.71. The van der Waals surface area contributed by atoms with Crippen molar-refractivity contribution in [3.8, 4) is 0 Å². The quantitative estimate of drug-likeness (QED) is 0.603. The van der Waals surface area contributed by atoms with Crippen LogP contribution >= 0.6 is 21.7 Å². The molecule has 0 heterocycles. The molecule has 0 aromatic carbocycles. The van der Waals surface area contributed by atoms with Crippen LogP contribution in [0.15, 0.2) is 0 Å². The molecule has 0 spiro atoms. The second-order valence-corrected chi connectivity index (χ2v) is 7.36. The standard InChI is InChI=1S/C9H21ClO3SSi/c1-5-9(14-10)15(11-6-2,12-7-3)13-8-4/h9H,5-8H2,1-4H3. The van der Waals surface area contributed by atoms with Gasteiger partial charge in [-0.3, -0.25) is 0 Å². The van der Waals surface area contributed by atoms with Crippen molar-refractivity contribution in [3.63, 3.8) is 0 Å². The average Bonchev–Trinajstić information content (AvgIpc) is 2.20. The van der Waals surface area contributed by atoms with Crippen molar-refractivity contribution in [1.82, 2.24) is 0 Å². The summed E-state index contributed by atoms with van der Waals surface area (Å²) in [6, 6.07) is 0.